The highest BCUT2D eigenvalue weighted by molar-refractivity contribution is 5.55. The Morgan fingerprint density at radius 1 is 1.20 bits per heavy atom. The first-order chi connectivity index (χ1) is 9.67. The number of rotatable bonds is 2. The number of nitrogens with zero attached hydrogens (tertiary/aromatic N) is 2. The van der Waals surface area contributed by atoms with Gasteiger partial charge in [0.05, 0.1) is 0 Å². The largest absolute Gasteiger partial charge is 0.313 e. The lowest BCUT2D eigenvalue weighted by Crippen LogP contribution is -2.22. The van der Waals surface area contributed by atoms with Crippen molar-refractivity contribution in [2.24, 2.45) is 0 Å². The van der Waals surface area contributed by atoms with E-state index in [2.05, 4.69) is 15.3 Å². The Hall–Kier alpha value is -1.88. The van der Waals surface area contributed by atoms with Gasteiger partial charge < -0.3 is 5.32 Å². The van der Waals surface area contributed by atoms with Crippen LogP contribution in [-0.2, 0) is 6.42 Å². The van der Waals surface area contributed by atoms with Gasteiger partial charge in [0.15, 0.2) is 5.82 Å². The van der Waals surface area contributed by atoms with Crippen molar-refractivity contribution in [1.29, 1.82) is 0 Å². The van der Waals surface area contributed by atoms with Crippen LogP contribution in [0, 0.1) is 11.6 Å². The van der Waals surface area contributed by atoms with Gasteiger partial charge in [0, 0.05) is 35.1 Å². The lowest BCUT2D eigenvalue weighted by atomic mass is 9.92. The summed E-state index contributed by atoms with van der Waals surface area (Å²) in [7, 11) is 1.91. The van der Waals surface area contributed by atoms with Crippen LogP contribution >= 0.6 is 0 Å². The normalized spacial score (nSPS) is 17.9. The second kappa shape index (κ2) is 5.25. The number of hydrogen-bond donors (Lipinski definition) is 1. The molecule has 1 atom stereocenters. The van der Waals surface area contributed by atoms with Crippen molar-refractivity contribution < 1.29 is 8.78 Å². The molecule has 1 heterocycles. The third kappa shape index (κ3) is 2.41. The van der Waals surface area contributed by atoms with Gasteiger partial charge in [-0.1, -0.05) is 0 Å². The summed E-state index contributed by atoms with van der Waals surface area (Å²) < 4.78 is 26.5. The lowest BCUT2D eigenvalue weighted by Gasteiger charge is -2.24. The van der Waals surface area contributed by atoms with Crippen molar-refractivity contribution in [2.45, 2.75) is 25.3 Å². The Labute approximate surface area is 116 Å². The molecule has 0 aliphatic heterocycles. The third-order valence-electron chi connectivity index (χ3n) is 3.65. The van der Waals surface area contributed by atoms with Gasteiger partial charge in [-0.2, -0.15) is 0 Å². The predicted octanol–water partition coefficient (Wildman–Crippen LogP) is 3.02. The van der Waals surface area contributed by atoms with Crippen LogP contribution in [0.1, 0.15) is 30.1 Å². The summed E-state index contributed by atoms with van der Waals surface area (Å²) in [5.41, 5.74) is 2.42. The molecule has 1 aliphatic carbocycles. The minimum atomic E-state index is -0.616. The van der Waals surface area contributed by atoms with Crippen molar-refractivity contribution >= 4 is 0 Å². The number of benzene rings is 1. The summed E-state index contributed by atoms with van der Waals surface area (Å²) in [6.07, 6.45) is 4.74. The Morgan fingerprint density at radius 2 is 1.95 bits per heavy atom. The molecule has 3 nitrogen and oxygen atoms in total. The molecule has 1 aromatic heterocycles. The molecule has 1 aliphatic rings. The standard InChI is InChI=1S/C15H15F2N3/c1-18-13-3-2-4-14-12(13)8-19-15(20-14)9-5-10(16)7-11(17)6-9/h5-8,13,18H,2-4H2,1H3. The van der Waals surface area contributed by atoms with Gasteiger partial charge in [-0.15, -0.1) is 0 Å². The van der Waals surface area contributed by atoms with E-state index < -0.39 is 11.6 Å². The van der Waals surface area contributed by atoms with Crippen molar-refractivity contribution in [3.8, 4) is 11.4 Å². The minimum absolute atomic E-state index is 0.261. The maximum absolute atomic E-state index is 13.3. The van der Waals surface area contributed by atoms with E-state index >= 15 is 0 Å². The third-order valence-corrected chi connectivity index (χ3v) is 3.65. The number of hydrogen-bond acceptors (Lipinski definition) is 3. The summed E-state index contributed by atoms with van der Waals surface area (Å²) in [6.45, 7) is 0. The number of fused-ring (bicyclic) bond motifs is 1. The van der Waals surface area contributed by atoms with Crippen LogP contribution in [0.2, 0.25) is 0 Å². The summed E-state index contributed by atoms with van der Waals surface area (Å²) in [5, 5.41) is 3.24. The lowest BCUT2D eigenvalue weighted by molar-refractivity contribution is 0.487. The van der Waals surface area contributed by atoms with Crippen LogP contribution < -0.4 is 5.32 Å². The molecule has 3 rings (SSSR count). The van der Waals surface area contributed by atoms with Gasteiger partial charge in [-0.05, 0) is 38.4 Å². The molecule has 0 amide bonds. The molecule has 1 aromatic carbocycles. The SMILES string of the molecule is CNC1CCCc2nc(-c3cc(F)cc(F)c3)ncc21. The van der Waals surface area contributed by atoms with E-state index in [9.17, 15) is 8.78 Å². The molecule has 0 saturated carbocycles. The Kier molecular flexibility index (Phi) is 3.44. The second-order valence-electron chi connectivity index (χ2n) is 4.99. The monoisotopic (exact) mass is 275 g/mol. The van der Waals surface area contributed by atoms with Crippen molar-refractivity contribution in [1.82, 2.24) is 15.3 Å². The first kappa shape index (κ1) is 13.1. The molecule has 0 bridgehead atoms. The molecule has 0 radical (unpaired) electrons. The van der Waals surface area contributed by atoms with Crippen molar-refractivity contribution in [3.05, 3.63) is 47.3 Å². The highest BCUT2D eigenvalue weighted by Gasteiger charge is 2.21. The van der Waals surface area contributed by atoms with E-state index in [1.54, 1.807) is 6.20 Å². The Bertz CT molecular complexity index is 623. The molecule has 0 spiro atoms. The molecule has 2 aromatic rings. The second-order valence-corrected chi connectivity index (χ2v) is 4.99. The zero-order chi connectivity index (χ0) is 14.1. The molecular formula is C15H15F2N3. The molecule has 0 saturated heterocycles. The van der Waals surface area contributed by atoms with Crippen molar-refractivity contribution in [2.75, 3.05) is 7.05 Å². The van der Waals surface area contributed by atoms with Crippen LogP contribution in [0.25, 0.3) is 11.4 Å². The number of aromatic nitrogens is 2. The summed E-state index contributed by atoms with van der Waals surface area (Å²) >= 11 is 0. The van der Waals surface area contributed by atoms with Crippen LogP contribution in [-0.4, -0.2) is 17.0 Å². The molecule has 104 valence electrons. The fourth-order valence-corrected chi connectivity index (χ4v) is 2.67. The molecule has 1 unspecified atom stereocenters. The van der Waals surface area contributed by atoms with Gasteiger partial charge in [0.1, 0.15) is 11.6 Å². The van der Waals surface area contributed by atoms with Crippen LogP contribution in [0.5, 0.6) is 0 Å². The van der Waals surface area contributed by atoms with E-state index in [1.807, 2.05) is 7.05 Å². The predicted molar refractivity (Wildman–Crippen MR) is 72.1 cm³/mol. The van der Waals surface area contributed by atoms with Gasteiger partial charge >= 0.3 is 0 Å². The Balaban J connectivity index is 2.04. The fraction of sp³-hybridized carbons (Fsp3) is 0.333. The minimum Gasteiger partial charge on any atom is -0.313 e. The fourth-order valence-electron chi connectivity index (χ4n) is 2.67. The summed E-state index contributed by atoms with van der Waals surface area (Å²) in [4.78, 5) is 8.74. The highest BCUT2D eigenvalue weighted by Crippen LogP contribution is 2.29. The van der Waals surface area contributed by atoms with Crippen LogP contribution in [0.15, 0.2) is 24.4 Å². The van der Waals surface area contributed by atoms with Gasteiger partial charge in [0.2, 0.25) is 0 Å². The van der Waals surface area contributed by atoms with Gasteiger partial charge in [-0.3, -0.25) is 0 Å². The van der Waals surface area contributed by atoms with E-state index in [1.165, 1.54) is 12.1 Å². The first-order valence-electron chi connectivity index (χ1n) is 6.67. The number of aryl methyl sites for hydroxylation is 1. The number of halogens is 2. The average molecular weight is 275 g/mol. The summed E-state index contributed by atoms with van der Waals surface area (Å²) in [6, 6.07) is 3.61. The van der Waals surface area contributed by atoms with Gasteiger partial charge in [0.25, 0.3) is 0 Å². The molecule has 20 heavy (non-hydrogen) atoms. The quantitative estimate of drug-likeness (QED) is 0.915. The summed E-state index contributed by atoms with van der Waals surface area (Å²) in [5.74, 6) is -0.859. The smallest absolute Gasteiger partial charge is 0.159 e. The zero-order valence-corrected chi connectivity index (χ0v) is 11.2. The van der Waals surface area contributed by atoms with E-state index in [0.29, 0.717) is 11.4 Å². The van der Waals surface area contributed by atoms with Gasteiger partial charge in [-0.25, -0.2) is 18.7 Å². The average Bonchev–Trinajstić information content (AvgIpc) is 2.45. The molecule has 5 heteroatoms. The Morgan fingerprint density at radius 3 is 2.65 bits per heavy atom. The maximum Gasteiger partial charge on any atom is 0.159 e. The zero-order valence-electron chi connectivity index (χ0n) is 11.2. The van der Waals surface area contributed by atoms with E-state index in [0.717, 1.165) is 36.6 Å². The molecule has 1 N–H and O–H groups in total. The number of nitrogens with one attached hydrogen (secondary N) is 1. The molecule has 0 fully saturated rings. The van der Waals surface area contributed by atoms with E-state index in [-0.39, 0.29) is 6.04 Å². The van der Waals surface area contributed by atoms with Crippen LogP contribution in [0.4, 0.5) is 8.78 Å². The maximum atomic E-state index is 13.3. The molecular weight excluding hydrogens is 260 g/mol. The van der Waals surface area contributed by atoms with Crippen molar-refractivity contribution in [3.63, 3.8) is 0 Å². The van der Waals surface area contributed by atoms with Crippen LogP contribution in [0.3, 0.4) is 0 Å². The topological polar surface area (TPSA) is 37.8 Å². The first-order valence-corrected chi connectivity index (χ1v) is 6.67. The van der Waals surface area contributed by atoms with E-state index in [4.69, 9.17) is 0 Å². The highest BCUT2D eigenvalue weighted by atomic mass is 19.1.